The standard InChI is InChI=1S/C51H51BN2S/c1-5-51(29-31-10-9-11-32(22-31)30-51)38-27-44-47-45(28-38)54(39-12-7-6-8-13-39)48-41-26-37(50(2,3)4)19-21-46(41)55-49(48)52(47)42-24-35-16-17-36(35)25-43(42)53(44)40-20-18-33-14-15-34(33)23-40/h6-8,12-13,18-21,23-28,31-32H,5,9-11,14-17,22,29-30H2,1-4H3. The van der Waals surface area contributed by atoms with Crippen LogP contribution in [-0.2, 0) is 36.5 Å². The zero-order chi connectivity index (χ0) is 36.8. The van der Waals surface area contributed by atoms with Crippen LogP contribution in [0.2, 0.25) is 0 Å². The van der Waals surface area contributed by atoms with E-state index in [0.29, 0.717) is 0 Å². The predicted molar refractivity (Wildman–Crippen MR) is 236 cm³/mol. The second-order valence-electron chi connectivity index (χ2n) is 19.2. The summed E-state index contributed by atoms with van der Waals surface area (Å²) in [7, 11) is 0. The number of fused-ring (bicyclic) bond motifs is 10. The highest BCUT2D eigenvalue weighted by Gasteiger charge is 2.49. The summed E-state index contributed by atoms with van der Waals surface area (Å²) in [6.45, 7) is 9.78. The number of para-hydroxylation sites is 1. The second kappa shape index (κ2) is 11.6. The molecule has 0 spiro atoms. The molecular weight excluding hydrogens is 683 g/mol. The summed E-state index contributed by atoms with van der Waals surface area (Å²) in [5, 5.41) is 1.40. The summed E-state index contributed by atoms with van der Waals surface area (Å²) in [4.78, 5) is 5.45. The van der Waals surface area contributed by atoms with Crippen molar-refractivity contribution in [1.82, 2.24) is 0 Å². The molecule has 0 saturated heterocycles. The maximum atomic E-state index is 2.73. The molecule has 2 atom stereocenters. The predicted octanol–water partition coefficient (Wildman–Crippen LogP) is 11.7. The minimum atomic E-state index is 0.0667. The molecule has 3 heterocycles. The average molecular weight is 735 g/mol. The maximum Gasteiger partial charge on any atom is 0.264 e. The normalized spacial score (nSPS) is 22.9. The Balaban J connectivity index is 1.20. The molecule has 0 radical (unpaired) electrons. The molecule has 55 heavy (non-hydrogen) atoms. The van der Waals surface area contributed by atoms with Crippen molar-refractivity contribution in [3.63, 3.8) is 0 Å². The van der Waals surface area contributed by atoms with Crippen molar-refractivity contribution in [2.75, 3.05) is 9.80 Å². The van der Waals surface area contributed by atoms with Gasteiger partial charge in [0.15, 0.2) is 0 Å². The average Bonchev–Trinajstić information content (AvgIpc) is 3.54. The van der Waals surface area contributed by atoms with Crippen LogP contribution >= 0.6 is 11.3 Å². The Morgan fingerprint density at radius 3 is 2.11 bits per heavy atom. The van der Waals surface area contributed by atoms with Crippen LogP contribution in [0.1, 0.15) is 106 Å². The Labute approximate surface area is 331 Å². The van der Waals surface area contributed by atoms with E-state index in [1.807, 2.05) is 11.3 Å². The smallest absolute Gasteiger partial charge is 0.264 e. The van der Waals surface area contributed by atoms with Crippen molar-refractivity contribution < 1.29 is 0 Å². The summed E-state index contributed by atoms with van der Waals surface area (Å²) in [6.07, 6.45) is 14.3. The lowest BCUT2D eigenvalue weighted by Gasteiger charge is -2.49. The van der Waals surface area contributed by atoms with Crippen LogP contribution in [0.15, 0.2) is 91.0 Å². The Morgan fingerprint density at radius 1 is 0.709 bits per heavy atom. The third-order valence-corrected chi connectivity index (χ3v) is 16.4. The van der Waals surface area contributed by atoms with E-state index in [1.165, 1.54) is 147 Å². The molecule has 2 nitrogen and oxygen atoms in total. The number of hydrogen-bond acceptors (Lipinski definition) is 3. The number of thiophene rings is 1. The summed E-state index contributed by atoms with van der Waals surface area (Å²) in [5.74, 6) is 1.70. The van der Waals surface area contributed by atoms with Gasteiger partial charge in [-0.2, -0.15) is 0 Å². The lowest BCUT2D eigenvalue weighted by Crippen LogP contribution is -2.61. The van der Waals surface area contributed by atoms with Crippen molar-refractivity contribution in [1.29, 1.82) is 0 Å². The quantitative estimate of drug-likeness (QED) is 0.166. The molecule has 2 saturated carbocycles. The van der Waals surface area contributed by atoms with Gasteiger partial charge < -0.3 is 9.80 Å². The van der Waals surface area contributed by atoms with Crippen molar-refractivity contribution in [2.45, 2.75) is 109 Å². The Morgan fingerprint density at radius 2 is 1.42 bits per heavy atom. The molecule has 2 aliphatic heterocycles. The van der Waals surface area contributed by atoms with Gasteiger partial charge in [0.2, 0.25) is 0 Å². The van der Waals surface area contributed by atoms with Crippen LogP contribution in [0.5, 0.6) is 0 Å². The van der Waals surface area contributed by atoms with Gasteiger partial charge in [-0.05, 0) is 173 Å². The summed E-state index contributed by atoms with van der Waals surface area (Å²) in [6, 6.07) is 36.9. The molecule has 6 aromatic rings. The first kappa shape index (κ1) is 32.9. The van der Waals surface area contributed by atoms with Crippen molar-refractivity contribution in [3.8, 4) is 0 Å². The number of aryl methyl sites for hydroxylation is 4. The lowest BCUT2D eigenvalue weighted by atomic mass is 9.35. The maximum absolute atomic E-state index is 2.73. The van der Waals surface area contributed by atoms with E-state index in [2.05, 4.69) is 128 Å². The van der Waals surface area contributed by atoms with E-state index >= 15 is 0 Å². The van der Waals surface area contributed by atoms with Gasteiger partial charge in [0.05, 0.1) is 5.69 Å². The topological polar surface area (TPSA) is 6.48 Å². The number of hydrogen-bond donors (Lipinski definition) is 0. The van der Waals surface area contributed by atoms with Crippen LogP contribution < -0.4 is 25.5 Å². The van der Waals surface area contributed by atoms with Crippen LogP contribution in [0.25, 0.3) is 10.1 Å². The molecule has 4 heteroatoms. The number of nitrogens with zero attached hydrogens (tertiary/aromatic N) is 2. The van der Waals surface area contributed by atoms with E-state index in [-0.39, 0.29) is 17.5 Å². The fraction of sp³-hybridized carbons (Fsp3) is 0.373. The van der Waals surface area contributed by atoms with Gasteiger partial charge in [-0.15, -0.1) is 11.3 Å². The van der Waals surface area contributed by atoms with Crippen LogP contribution in [-0.4, -0.2) is 6.71 Å². The van der Waals surface area contributed by atoms with E-state index in [1.54, 1.807) is 16.7 Å². The van der Waals surface area contributed by atoms with Gasteiger partial charge in [-0.3, -0.25) is 0 Å². The molecule has 5 aromatic carbocycles. The largest absolute Gasteiger partial charge is 0.311 e. The van der Waals surface area contributed by atoms with Crippen LogP contribution in [0.4, 0.5) is 34.1 Å². The van der Waals surface area contributed by atoms with Gasteiger partial charge in [0.25, 0.3) is 6.71 Å². The Kier molecular flexibility index (Phi) is 6.96. The molecule has 2 bridgehead atoms. The highest BCUT2D eigenvalue weighted by molar-refractivity contribution is 7.33. The van der Waals surface area contributed by atoms with Crippen LogP contribution in [0.3, 0.4) is 0 Å². The zero-order valence-corrected chi connectivity index (χ0v) is 33.8. The van der Waals surface area contributed by atoms with E-state index in [9.17, 15) is 0 Å². The molecule has 0 N–H and O–H groups in total. The van der Waals surface area contributed by atoms with E-state index in [0.717, 1.165) is 11.8 Å². The van der Waals surface area contributed by atoms with E-state index < -0.39 is 0 Å². The van der Waals surface area contributed by atoms with Gasteiger partial charge >= 0.3 is 0 Å². The number of benzene rings is 5. The Hall–Kier alpha value is -4.28. The van der Waals surface area contributed by atoms with Gasteiger partial charge in [0.1, 0.15) is 0 Å². The number of anilines is 6. The molecule has 6 aliphatic rings. The van der Waals surface area contributed by atoms with Crippen molar-refractivity contribution in [3.05, 3.63) is 124 Å². The summed E-state index contributed by atoms with van der Waals surface area (Å²) >= 11 is 2.05. The SMILES string of the molecule is CCC1(c2cc3c4c(c2)N(c2ccccc2)c2c(sc5ccc(C(C)(C)C)cc25)B4c2cc4c(cc2N3c2ccc3c(c2)CC3)CC4)CC2CCCC(C2)C1. The fourth-order valence-corrected chi connectivity index (χ4v) is 13.4. The van der Waals surface area contributed by atoms with Crippen LogP contribution in [0, 0.1) is 11.8 Å². The fourth-order valence-electron chi connectivity index (χ4n) is 12.1. The molecule has 4 aliphatic carbocycles. The summed E-state index contributed by atoms with van der Waals surface area (Å²) < 4.78 is 2.90. The third kappa shape index (κ3) is 4.73. The highest BCUT2D eigenvalue weighted by atomic mass is 32.1. The molecule has 274 valence electrons. The van der Waals surface area contributed by atoms with Gasteiger partial charge in [-0.1, -0.05) is 83.4 Å². The minimum Gasteiger partial charge on any atom is -0.311 e. The first-order valence-corrected chi connectivity index (χ1v) is 22.3. The van der Waals surface area contributed by atoms with E-state index in [4.69, 9.17) is 0 Å². The highest BCUT2D eigenvalue weighted by Crippen LogP contribution is 2.55. The first-order chi connectivity index (χ1) is 26.8. The number of rotatable bonds is 4. The zero-order valence-electron chi connectivity index (χ0n) is 33.0. The van der Waals surface area contributed by atoms with Crippen molar-refractivity contribution >= 4 is 78.0 Å². The molecule has 2 unspecified atom stereocenters. The minimum absolute atomic E-state index is 0.0667. The Bertz CT molecular complexity index is 2560. The second-order valence-corrected chi connectivity index (χ2v) is 20.3. The van der Waals surface area contributed by atoms with Crippen molar-refractivity contribution in [2.24, 2.45) is 11.8 Å². The third-order valence-electron chi connectivity index (χ3n) is 15.2. The molecule has 1 aromatic heterocycles. The molecule has 2 fully saturated rings. The first-order valence-electron chi connectivity index (χ1n) is 21.4. The lowest BCUT2D eigenvalue weighted by molar-refractivity contribution is 0.106. The summed E-state index contributed by atoms with van der Waals surface area (Å²) in [5.41, 5.74) is 20.7. The van der Waals surface area contributed by atoms with Gasteiger partial charge in [0, 0.05) is 43.3 Å². The molecule has 12 rings (SSSR count). The van der Waals surface area contributed by atoms with Gasteiger partial charge in [-0.25, -0.2) is 0 Å². The monoisotopic (exact) mass is 734 g/mol. The molecule has 0 amide bonds. The molecular formula is C51H51BN2S.